The fraction of sp³-hybridized carbons (Fsp3) is 0.143. The van der Waals surface area contributed by atoms with Gasteiger partial charge in [0.15, 0.2) is 11.5 Å². The SMILES string of the molecule is Cc1ccc(-n2nc(N)c3cccnc32)c(C)c1. The molecule has 0 aliphatic heterocycles. The number of aryl methyl sites for hydroxylation is 2. The number of benzene rings is 1. The van der Waals surface area contributed by atoms with Crippen LogP contribution in [0, 0.1) is 13.8 Å². The zero-order chi connectivity index (χ0) is 12.7. The number of hydrogen-bond donors (Lipinski definition) is 1. The zero-order valence-electron chi connectivity index (χ0n) is 10.4. The van der Waals surface area contributed by atoms with Gasteiger partial charge in [-0.25, -0.2) is 9.67 Å². The van der Waals surface area contributed by atoms with Crippen LogP contribution in [-0.2, 0) is 0 Å². The van der Waals surface area contributed by atoms with E-state index in [-0.39, 0.29) is 0 Å². The molecule has 0 fully saturated rings. The van der Waals surface area contributed by atoms with Crippen LogP contribution >= 0.6 is 0 Å². The summed E-state index contributed by atoms with van der Waals surface area (Å²) >= 11 is 0. The molecule has 0 aliphatic carbocycles. The maximum atomic E-state index is 5.92. The highest BCUT2D eigenvalue weighted by Crippen LogP contribution is 2.23. The molecule has 0 radical (unpaired) electrons. The third-order valence-corrected chi connectivity index (χ3v) is 3.05. The van der Waals surface area contributed by atoms with Crippen molar-refractivity contribution in [2.24, 2.45) is 0 Å². The second-order valence-electron chi connectivity index (χ2n) is 4.46. The van der Waals surface area contributed by atoms with E-state index in [0.29, 0.717) is 5.82 Å². The maximum absolute atomic E-state index is 5.92. The fourth-order valence-electron chi connectivity index (χ4n) is 2.19. The predicted molar refractivity (Wildman–Crippen MR) is 72.8 cm³/mol. The number of nitrogens with zero attached hydrogens (tertiary/aromatic N) is 3. The van der Waals surface area contributed by atoms with Crippen LogP contribution in [0.2, 0.25) is 0 Å². The standard InChI is InChI=1S/C14H14N4/c1-9-5-6-12(10(2)8-9)18-14-11(13(15)17-18)4-3-7-16-14/h3-8H,1-2H3,(H2,15,17). The van der Waals surface area contributed by atoms with Crippen molar-refractivity contribution >= 4 is 16.9 Å². The second kappa shape index (κ2) is 3.84. The topological polar surface area (TPSA) is 56.7 Å². The third-order valence-electron chi connectivity index (χ3n) is 3.05. The number of fused-ring (bicyclic) bond motifs is 1. The van der Waals surface area contributed by atoms with Crippen molar-refractivity contribution in [1.29, 1.82) is 0 Å². The van der Waals surface area contributed by atoms with Crippen LogP contribution < -0.4 is 5.73 Å². The summed E-state index contributed by atoms with van der Waals surface area (Å²) in [6.45, 7) is 4.14. The van der Waals surface area contributed by atoms with Crippen molar-refractivity contribution in [2.75, 3.05) is 5.73 Å². The van der Waals surface area contributed by atoms with Gasteiger partial charge in [0, 0.05) is 6.20 Å². The number of pyridine rings is 1. The van der Waals surface area contributed by atoms with E-state index in [1.54, 1.807) is 10.9 Å². The van der Waals surface area contributed by atoms with E-state index in [1.165, 1.54) is 5.56 Å². The Morgan fingerprint density at radius 2 is 2.00 bits per heavy atom. The summed E-state index contributed by atoms with van der Waals surface area (Å²) in [5, 5.41) is 5.27. The van der Waals surface area contributed by atoms with Crippen molar-refractivity contribution in [3.05, 3.63) is 47.7 Å². The molecule has 1 aromatic carbocycles. The summed E-state index contributed by atoms with van der Waals surface area (Å²) in [4.78, 5) is 4.36. The Bertz CT molecular complexity index is 728. The average Bonchev–Trinajstić information content (AvgIpc) is 2.68. The number of nitrogen functional groups attached to an aromatic ring is 1. The third kappa shape index (κ3) is 1.54. The number of nitrogens with two attached hydrogens (primary N) is 1. The molecule has 4 nitrogen and oxygen atoms in total. The van der Waals surface area contributed by atoms with Crippen LogP contribution in [0.3, 0.4) is 0 Å². The molecule has 3 rings (SSSR count). The molecule has 0 spiro atoms. The largest absolute Gasteiger partial charge is 0.382 e. The van der Waals surface area contributed by atoms with E-state index in [2.05, 4.69) is 36.1 Å². The van der Waals surface area contributed by atoms with Gasteiger partial charge in [-0.1, -0.05) is 17.7 Å². The zero-order valence-corrected chi connectivity index (χ0v) is 10.4. The molecule has 90 valence electrons. The second-order valence-corrected chi connectivity index (χ2v) is 4.46. The van der Waals surface area contributed by atoms with Crippen molar-refractivity contribution in [3.8, 4) is 5.69 Å². The van der Waals surface area contributed by atoms with E-state index in [9.17, 15) is 0 Å². The van der Waals surface area contributed by atoms with E-state index in [0.717, 1.165) is 22.3 Å². The lowest BCUT2D eigenvalue weighted by Crippen LogP contribution is -2.01. The Morgan fingerprint density at radius 1 is 1.17 bits per heavy atom. The van der Waals surface area contributed by atoms with Gasteiger partial charge in [-0.3, -0.25) is 0 Å². The molecule has 2 aromatic heterocycles. The Balaban J connectivity index is 2.32. The first-order valence-corrected chi connectivity index (χ1v) is 5.83. The van der Waals surface area contributed by atoms with Crippen LogP contribution in [0.5, 0.6) is 0 Å². The smallest absolute Gasteiger partial charge is 0.165 e. The minimum absolute atomic E-state index is 0.512. The van der Waals surface area contributed by atoms with Crippen LogP contribution in [0.1, 0.15) is 11.1 Å². The summed E-state index contributed by atoms with van der Waals surface area (Å²) in [6.07, 6.45) is 1.75. The van der Waals surface area contributed by atoms with Crippen molar-refractivity contribution in [3.63, 3.8) is 0 Å². The van der Waals surface area contributed by atoms with Crippen LogP contribution in [0.15, 0.2) is 36.5 Å². The van der Waals surface area contributed by atoms with E-state index < -0.39 is 0 Å². The fourth-order valence-corrected chi connectivity index (χ4v) is 2.19. The first-order chi connectivity index (χ1) is 8.66. The molecular formula is C14H14N4. The molecule has 2 N–H and O–H groups in total. The molecule has 4 heteroatoms. The average molecular weight is 238 g/mol. The molecule has 3 aromatic rings. The molecular weight excluding hydrogens is 224 g/mol. The molecule has 0 saturated heterocycles. The molecule has 18 heavy (non-hydrogen) atoms. The Kier molecular flexibility index (Phi) is 2.30. The highest BCUT2D eigenvalue weighted by molar-refractivity contribution is 5.87. The first kappa shape index (κ1) is 10.8. The quantitative estimate of drug-likeness (QED) is 0.709. The predicted octanol–water partition coefficient (Wildman–Crippen LogP) is 2.62. The van der Waals surface area contributed by atoms with Gasteiger partial charge in [0.25, 0.3) is 0 Å². The van der Waals surface area contributed by atoms with Gasteiger partial charge in [-0.15, -0.1) is 5.10 Å². The van der Waals surface area contributed by atoms with E-state index >= 15 is 0 Å². The van der Waals surface area contributed by atoms with Crippen molar-refractivity contribution in [1.82, 2.24) is 14.8 Å². The lowest BCUT2D eigenvalue weighted by atomic mass is 10.1. The van der Waals surface area contributed by atoms with Crippen LogP contribution in [0.25, 0.3) is 16.7 Å². The molecule has 0 unspecified atom stereocenters. The summed E-state index contributed by atoms with van der Waals surface area (Å²) in [5.74, 6) is 0.512. The Labute approximate surface area is 105 Å². The van der Waals surface area contributed by atoms with Crippen LogP contribution in [-0.4, -0.2) is 14.8 Å². The van der Waals surface area contributed by atoms with Gasteiger partial charge in [-0.05, 0) is 37.6 Å². The van der Waals surface area contributed by atoms with Gasteiger partial charge in [0.05, 0.1) is 11.1 Å². The number of aromatic nitrogens is 3. The van der Waals surface area contributed by atoms with Gasteiger partial charge in [-0.2, -0.15) is 0 Å². The summed E-state index contributed by atoms with van der Waals surface area (Å²) in [6, 6.07) is 10.0. The minimum Gasteiger partial charge on any atom is -0.382 e. The number of rotatable bonds is 1. The number of hydrogen-bond acceptors (Lipinski definition) is 3. The maximum Gasteiger partial charge on any atom is 0.165 e. The molecule has 0 aliphatic rings. The van der Waals surface area contributed by atoms with E-state index in [4.69, 9.17) is 5.73 Å². The molecule has 0 amide bonds. The van der Waals surface area contributed by atoms with Gasteiger partial charge in [0.2, 0.25) is 0 Å². The molecule has 2 heterocycles. The van der Waals surface area contributed by atoms with Crippen LogP contribution in [0.4, 0.5) is 5.82 Å². The summed E-state index contributed by atoms with van der Waals surface area (Å²) in [5.41, 5.74) is 10.1. The first-order valence-electron chi connectivity index (χ1n) is 5.83. The molecule has 0 saturated carbocycles. The minimum atomic E-state index is 0.512. The summed E-state index contributed by atoms with van der Waals surface area (Å²) in [7, 11) is 0. The Hall–Kier alpha value is -2.36. The van der Waals surface area contributed by atoms with Gasteiger partial charge < -0.3 is 5.73 Å². The summed E-state index contributed by atoms with van der Waals surface area (Å²) < 4.78 is 1.80. The monoisotopic (exact) mass is 238 g/mol. The molecule has 0 atom stereocenters. The van der Waals surface area contributed by atoms with Crippen molar-refractivity contribution in [2.45, 2.75) is 13.8 Å². The molecule has 0 bridgehead atoms. The highest BCUT2D eigenvalue weighted by Gasteiger charge is 2.11. The van der Waals surface area contributed by atoms with E-state index in [1.807, 2.05) is 18.2 Å². The van der Waals surface area contributed by atoms with Gasteiger partial charge in [0.1, 0.15) is 0 Å². The lowest BCUT2D eigenvalue weighted by molar-refractivity contribution is 0.894. The highest BCUT2D eigenvalue weighted by atomic mass is 15.3. The van der Waals surface area contributed by atoms with Gasteiger partial charge >= 0.3 is 0 Å². The Morgan fingerprint density at radius 3 is 2.78 bits per heavy atom. The lowest BCUT2D eigenvalue weighted by Gasteiger charge is -2.07. The normalized spacial score (nSPS) is 11.0. The number of anilines is 1. The van der Waals surface area contributed by atoms with Crippen molar-refractivity contribution < 1.29 is 0 Å².